The first kappa shape index (κ1) is 21.3. The first-order valence-electron chi connectivity index (χ1n) is 11.3. The van der Waals surface area contributed by atoms with Gasteiger partial charge in [-0.2, -0.15) is 5.10 Å². The molecule has 6 heteroatoms. The van der Waals surface area contributed by atoms with Gasteiger partial charge in [0.25, 0.3) is 0 Å². The van der Waals surface area contributed by atoms with Crippen LogP contribution in [0.1, 0.15) is 35.4 Å². The molecule has 0 saturated carbocycles. The molecule has 2 aliphatic heterocycles. The number of nitrogens with zero attached hydrogens (tertiary/aromatic N) is 3. The molecule has 34 heavy (non-hydrogen) atoms. The Morgan fingerprint density at radius 2 is 1.68 bits per heavy atom. The Hall–Kier alpha value is -3.21. The van der Waals surface area contributed by atoms with Crippen LogP contribution in [0.15, 0.2) is 84.0 Å². The number of anilines is 1. The third kappa shape index (κ3) is 3.58. The topological polar surface area (TPSA) is 28.1 Å². The summed E-state index contributed by atoms with van der Waals surface area (Å²) in [6.45, 7) is 0. The second kappa shape index (κ2) is 8.23. The summed E-state index contributed by atoms with van der Waals surface area (Å²) in [6, 6.07) is 26.9. The van der Waals surface area contributed by atoms with Crippen molar-refractivity contribution in [1.82, 2.24) is 5.01 Å². The van der Waals surface area contributed by atoms with Crippen molar-refractivity contribution < 1.29 is 4.74 Å². The van der Waals surface area contributed by atoms with Gasteiger partial charge in [0.15, 0.2) is 0 Å². The Labute approximate surface area is 209 Å². The number of halogens is 2. The molecule has 6 rings (SSSR count). The normalized spacial score (nSPS) is 18.8. The zero-order valence-corrected chi connectivity index (χ0v) is 20.4. The van der Waals surface area contributed by atoms with Gasteiger partial charge in [-0.1, -0.05) is 71.7 Å². The van der Waals surface area contributed by atoms with Crippen molar-refractivity contribution in [2.45, 2.75) is 18.7 Å². The molecule has 4 aromatic carbocycles. The molecule has 4 aromatic rings. The monoisotopic (exact) mass is 487 g/mol. The average molecular weight is 488 g/mol. The van der Waals surface area contributed by atoms with Crippen LogP contribution in [0.4, 0.5) is 5.69 Å². The molecular weight excluding hydrogens is 465 g/mol. The molecule has 0 amide bonds. The second-order valence-corrected chi connectivity index (χ2v) is 9.81. The van der Waals surface area contributed by atoms with Gasteiger partial charge in [0.2, 0.25) is 6.23 Å². The van der Waals surface area contributed by atoms with E-state index in [0.717, 1.165) is 34.5 Å². The highest BCUT2D eigenvalue weighted by Crippen LogP contribution is 2.51. The van der Waals surface area contributed by atoms with Crippen LogP contribution < -0.4 is 9.64 Å². The van der Waals surface area contributed by atoms with Gasteiger partial charge >= 0.3 is 0 Å². The van der Waals surface area contributed by atoms with Crippen LogP contribution >= 0.6 is 23.2 Å². The molecule has 0 N–H and O–H groups in total. The minimum atomic E-state index is -0.384. The van der Waals surface area contributed by atoms with Crippen molar-refractivity contribution in [3.8, 4) is 5.75 Å². The van der Waals surface area contributed by atoms with E-state index >= 15 is 0 Å². The molecule has 4 nitrogen and oxygen atoms in total. The Kier molecular flexibility index (Phi) is 5.16. The van der Waals surface area contributed by atoms with Crippen molar-refractivity contribution in [2.24, 2.45) is 5.10 Å². The number of ether oxygens (including phenoxy) is 1. The first-order valence-corrected chi connectivity index (χ1v) is 12.0. The van der Waals surface area contributed by atoms with Crippen molar-refractivity contribution in [2.75, 3.05) is 19.0 Å². The van der Waals surface area contributed by atoms with Crippen LogP contribution in [-0.2, 0) is 0 Å². The standard InChI is InChI=1S/C28H23Cl2N3O/c1-32(2)22-11-9-18(10-12-22)28-33-26(23-14-21(29)15-24(30)27(23)34-28)16-25(31-33)20-8-7-17-5-3-4-6-19(17)13-20/h3-15,26,28H,16H2,1-2H3. The summed E-state index contributed by atoms with van der Waals surface area (Å²) in [6.07, 6.45) is 0.364. The molecule has 2 aliphatic rings. The van der Waals surface area contributed by atoms with Crippen molar-refractivity contribution in [3.63, 3.8) is 0 Å². The Morgan fingerprint density at radius 3 is 2.44 bits per heavy atom. The summed E-state index contributed by atoms with van der Waals surface area (Å²) in [7, 11) is 4.06. The molecule has 170 valence electrons. The van der Waals surface area contributed by atoms with Gasteiger partial charge in [-0.15, -0.1) is 0 Å². The predicted octanol–water partition coefficient (Wildman–Crippen LogP) is 7.45. The summed E-state index contributed by atoms with van der Waals surface area (Å²) >= 11 is 13.0. The molecular formula is C28H23Cl2N3O. The summed E-state index contributed by atoms with van der Waals surface area (Å²) in [5.41, 5.74) is 5.26. The SMILES string of the molecule is CN(C)c1ccc(C2Oc3c(Cl)cc(Cl)cc3C3CC(c4ccc5ccccc5c4)=NN32)cc1. The van der Waals surface area contributed by atoms with Crippen molar-refractivity contribution in [1.29, 1.82) is 0 Å². The lowest BCUT2D eigenvalue weighted by Gasteiger charge is -2.38. The van der Waals surface area contributed by atoms with E-state index in [1.807, 2.05) is 20.2 Å². The third-order valence-electron chi connectivity index (χ3n) is 6.59. The fraction of sp³-hybridized carbons (Fsp3) is 0.179. The van der Waals surface area contributed by atoms with Crippen LogP contribution in [-0.4, -0.2) is 24.8 Å². The number of hydrogen-bond donors (Lipinski definition) is 0. The van der Waals surface area contributed by atoms with Crippen LogP contribution in [0.2, 0.25) is 10.0 Å². The van der Waals surface area contributed by atoms with Gasteiger partial charge in [-0.25, -0.2) is 5.01 Å². The van der Waals surface area contributed by atoms with E-state index in [0.29, 0.717) is 15.8 Å². The molecule has 0 fully saturated rings. The number of rotatable bonds is 3. The number of hydrogen-bond acceptors (Lipinski definition) is 4. The minimum absolute atomic E-state index is 0.0139. The Bertz CT molecular complexity index is 1430. The van der Waals surface area contributed by atoms with E-state index < -0.39 is 0 Å². The fourth-order valence-electron chi connectivity index (χ4n) is 4.81. The molecule has 0 saturated heterocycles. The average Bonchev–Trinajstić information content (AvgIpc) is 3.29. The minimum Gasteiger partial charge on any atom is -0.463 e. The van der Waals surface area contributed by atoms with Gasteiger partial charge in [-0.05, 0) is 46.7 Å². The molecule has 2 atom stereocenters. The quantitative estimate of drug-likeness (QED) is 0.300. The lowest BCUT2D eigenvalue weighted by molar-refractivity contribution is -0.0189. The maximum atomic E-state index is 6.60. The zero-order valence-electron chi connectivity index (χ0n) is 18.9. The maximum absolute atomic E-state index is 6.60. The van der Waals surface area contributed by atoms with E-state index in [1.54, 1.807) is 6.07 Å². The highest BCUT2D eigenvalue weighted by atomic mass is 35.5. The molecule has 0 aliphatic carbocycles. The van der Waals surface area contributed by atoms with Gasteiger partial charge in [0.05, 0.1) is 16.8 Å². The maximum Gasteiger partial charge on any atom is 0.213 e. The summed E-state index contributed by atoms with van der Waals surface area (Å²) in [5, 5.41) is 10.7. The lowest BCUT2D eigenvalue weighted by Crippen LogP contribution is -2.33. The summed E-state index contributed by atoms with van der Waals surface area (Å²) in [4.78, 5) is 2.08. The summed E-state index contributed by atoms with van der Waals surface area (Å²) < 4.78 is 6.49. The highest BCUT2D eigenvalue weighted by molar-refractivity contribution is 6.35. The number of hydrazone groups is 1. The van der Waals surface area contributed by atoms with Gasteiger partial charge in [0, 0.05) is 42.4 Å². The van der Waals surface area contributed by atoms with Crippen molar-refractivity contribution >= 4 is 45.4 Å². The zero-order chi connectivity index (χ0) is 23.4. The smallest absolute Gasteiger partial charge is 0.213 e. The Balaban J connectivity index is 1.45. The highest BCUT2D eigenvalue weighted by Gasteiger charge is 2.42. The van der Waals surface area contributed by atoms with E-state index in [-0.39, 0.29) is 12.3 Å². The lowest BCUT2D eigenvalue weighted by atomic mass is 9.95. The van der Waals surface area contributed by atoms with Crippen LogP contribution in [0.25, 0.3) is 10.8 Å². The first-order chi connectivity index (χ1) is 16.5. The fourth-order valence-corrected chi connectivity index (χ4v) is 5.37. The van der Waals surface area contributed by atoms with Crippen molar-refractivity contribution in [3.05, 3.63) is 106 Å². The molecule has 2 unspecified atom stereocenters. The van der Waals surface area contributed by atoms with Crippen LogP contribution in [0.3, 0.4) is 0 Å². The molecule has 0 spiro atoms. The van der Waals surface area contributed by atoms with E-state index in [9.17, 15) is 0 Å². The third-order valence-corrected chi connectivity index (χ3v) is 7.08. The van der Waals surface area contributed by atoms with Crippen LogP contribution in [0, 0.1) is 0 Å². The molecule has 0 aromatic heterocycles. The second-order valence-electron chi connectivity index (χ2n) is 8.97. The van der Waals surface area contributed by atoms with Gasteiger partial charge < -0.3 is 9.64 Å². The van der Waals surface area contributed by atoms with E-state index in [2.05, 4.69) is 76.6 Å². The summed E-state index contributed by atoms with van der Waals surface area (Å²) in [5.74, 6) is 0.684. The molecule has 2 heterocycles. The number of fused-ring (bicyclic) bond motifs is 4. The van der Waals surface area contributed by atoms with E-state index in [4.69, 9.17) is 33.0 Å². The molecule has 0 radical (unpaired) electrons. The van der Waals surface area contributed by atoms with E-state index in [1.165, 1.54) is 10.8 Å². The number of benzene rings is 4. The predicted molar refractivity (Wildman–Crippen MR) is 140 cm³/mol. The van der Waals surface area contributed by atoms with Gasteiger partial charge in [0.1, 0.15) is 5.75 Å². The largest absolute Gasteiger partial charge is 0.463 e. The van der Waals surface area contributed by atoms with Gasteiger partial charge in [-0.3, -0.25) is 0 Å². The molecule has 0 bridgehead atoms. The Morgan fingerprint density at radius 1 is 0.912 bits per heavy atom. The van der Waals surface area contributed by atoms with Crippen LogP contribution in [0.5, 0.6) is 5.75 Å².